The van der Waals surface area contributed by atoms with E-state index in [2.05, 4.69) is 29.4 Å². The summed E-state index contributed by atoms with van der Waals surface area (Å²) >= 11 is 6.12. The van der Waals surface area contributed by atoms with Crippen LogP contribution in [0.1, 0.15) is 28.4 Å². The van der Waals surface area contributed by atoms with Crippen molar-refractivity contribution in [3.63, 3.8) is 0 Å². The zero-order valence-corrected chi connectivity index (χ0v) is 11.6. The zero-order chi connectivity index (χ0) is 13.1. The molecular weight excluding hydrogens is 244 g/mol. The highest BCUT2D eigenvalue weighted by Gasteiger charge is 2.13. The monoisotopic (exact) mass is 260 g/mol. The number of hydrogen-bond donors (Lipinski definition) is 1. The number of rotatable bonds is 3. The fourth-order valence-corrected chi connectivity index (χ4v) is 2.41. The Kier molecular flexibility index (Phi) is 4.00. The number of pyridine rings is 1. The average Bonchev–Trinajstić information content (AvgIpc) is 2.31. The topological polar surface area (TPSA) is 24.9 Å². The van der Waals surface area contributed by atoms with Crippen LogP contribution < -0.4 is 5.32 Å². The normalized spacial score (nSPS) is 12.4. The number of halogens is 1. The standard InChI is InChI=1S/C15H17ClN2/c1-10-6-13(8-14(16)7-10)15(17-3)12-5-4-11(2)18-9-12/h4-9,15,17H,1-3H3. The summed E-state index contributed by atoms with van der Waals surface area (Å²) in [6.45, 7) is 4.04. The number of aromatic nitrogens is 1. The molecule has 1 unspecified atom stereocenters. The van der Waals surface area contributed by atoms with Crippen LogP contribution in [-0.2, 0) is 0 Å². The van der Waals surface area contributed by atoms with Crippen molar-refractivity contribution in [2.24, 2.45) is 0 Å². The molecule has 1 atom stereocenters. The van der Waals surface area contributed by atoms with E-state index < -0.39 is 0 Å². The Balaban J connectivity index is 2.41. The van der Waals surface area contributed by atoms with Crippen LogP contribution in [0.25, 0.3) is 0 Å². The van der Waals surface area contributed by atoms with E-state index in [1.165, 1.54) is 0 Å². The fraction of sp³-hybridized carbons (Fsp3) is 0.267. The molecule has 0 amide bonds. The molecule has 1 aromatic heterocycles. The van der Waals surface area contributed by atoms with Crippen molar-refractivity contribution in [3.8, 4) is 0 Å². The first-order valence-corrected chi connectivity index (χ1v) is 6.35. The van der Waals surface area contributed by atoms with Crippen LogP contribution in [0.5, 0.6) is 0 Å². The molecular formula is C15H17ClN2. The predicted molar refractivity (Wildman–Crippen MR) is 76.1 cm³/mol. The molecule has 0 saturated carbocycles. The second-order valence-corrected chi connectivity index (χ2v) is 4.95. The van der Waals surface area contributed by atoms with Gasteiger partial charge in [-0.15, -0.1) is 0 Å². The second kappa shape index (κ2) is 5.51. The van der Waals surface area contributed by atoms with E-state index in [9.17, 15) is 0 Å². The average molecular weight is 261 g/mol. The third-order valence-electron chi connectivity index (χ3n) is 2.95. The van der Waals surface area contributed by atoms with Crippen LogP contribution in [0.3, 0.4) is 0 Å². The van der Waals surface area contributed by atoms with E-state index in [1.54, 1.807) is 0 Å². The number of nitrogens with one attached hydrogen (secondary N) is 1. The first-order chi connectivity index (χ1) is 8.60. The Morgan fingerprint density at radius 2 is 1.89 bits per heavy atom. The first-order valence-electron chi connectivity index (χ1n) is 5.97. The van der Waals surface area contributed by atoms with Gasteiger partial charge in [0.2, 0.25) is 0 Å². The molecule has 1 heterocycles. The van der Waals surface area contributed by atoms with Crippen LogP contribution in [0.4, 0.5) is 0 Å². The number of nitrogens with zero attached hydrogens (tertiary/aromatic N) is 1. The molecule has 1 aromatic carbocycles. The van der Waals surface area contributed by atoms with Crippen LogP contribution in [0.2, 0.25) is 5.02 Å². The molecule has 0 aliphatic carbocycles. The van der Waals surface area contributed by atoms with Gasteiger partial charge in [-0.3, -0.25) is 4.98 Å². The molecule has 0 aliphatic rings. The summed E-state index contributed by atoms with van der Waals surface area (Å²) < 4.78 is 0. The maximum Gasteiger partial charge on any atom is 0.0590 e. The number of aryl methyl sites for hydroxylation is 2. The van der Waals surface area contributed by atoms with Crippen molar-refractivity contribution >= 4 is 11.6 Å². The molecule has 0 bridgehead atoms. The van der Waals surface area contributed by atoms with E-state index >= 15 is 0 Å². The first kappa shape index (κ1) is 13.1. The quantitative estimate of drug-likeness (QED) is 0.911. The van der Waals surface area contributed by atoms with Gasteiger partial charge in [-0.05, 0) is 55.8 Å². The molecule has 1 N–H and O–H groups in total. The second-order valence-electron chi connectivity index (χ2n) is 4.52. The van der Waals surface area contributed by atoms with E-state index in [0.29, 0.717) is 0 Å². The molecule has 0 saturated heterocycles. The minimum absolute atomic E-state index is 0.121. The Bertz CT molecular complexity index is 514. The van der Waals surface area contributed by atoms with Crippen LogP contribution in [0, 0.1) is 13.8 Å². The van der Waals surface area contributed by atoms with Gasteiger partial charge in [0.05, 0.1) is 6.04 Å². The molecule has 94 valence electrons. The number of hydrogen-bond acceptors (Lipinski definition) is 2. The van der Waals surface area contributed by atoms with E-state index in [0.717, 1.165) is 27.4 Å². The van der Waals surface area contributed by atoms with Crippen molar-refractivity contribution in [2.75, 3.05) is 7.05 Å². The molecule has 2 aromatic rings. The summed E-state index contributed by atoms with van der Waals surface area (Å²) in [6, 6.07) is 10.3. The molecule has 2 nitrogen and oxygen atoms in total. The Hall–Kier alpha value is -1.38. The summed E-state index contributed by atoms with van der Waals surface area (Å²) in [5, 5.41) is 4.08. The van der Waals surface area contributed by atoms with Crippen molar-refractivity contribution < 1.29 is 0 Å². The van der Waals surface area contributed by atoms with Gasteiger partial charge in [0, 0.05) is 16.9 Å². The van der Waals surface area contributed by atoms with E-state index in [-0.39, 0.29) is 6.04 Å². The number of benzene rings is 1. The highest BCUT2D eigenvalue weighted by Crippen LogP contribution is 2.25. The largest absolute Gasteiger partial charge is 0.309 e. The zero-order valence-electron chi connectivity index (χ0n) is 10.9. The molecule has 0 fully saturated rings. The maximum absolute atomic E-state index is 6.12. The van der Waals surface area contributed by atoms with Gasteiger partial charge in [0.15, 0.2) is 0 Å². The molecule has 0 spiro atoms. The van der Waals surface area contributed by atoms with Crippen molar-refractivity contribution in [1.82, 2.24) is 10.3 Å². The van der Waals surface area contributed by atoms with Crippen LogP contribution in [0.15, 0.2) is 36.5 Å². The van der Waals surface area contributed by atoms with Crippen molar-refractivity contribution in [3.05, 3.63) is 63.9 Å². The lowest BCUT2D eigenvalue weighted by atomic mass is 9.98. The van der Waals surface area contributed by atoms with Crippen LogP contribution >= 0.6 is 11.6 Å². The predicted octanol–water partition coefficient (Wildman–Crippen LogP) is 3.66. The van der Waals surface area contributed by atoms with Gasteiger partial charge in [0.1, 0.15) is 0 Å². The Labute approximate surface area is 113 Å². The minimum Gasteiger partial charge on any atom is -0.309 e. The van der Waals surface area contributed by atoms with E-state index in [4.69, 9.17) is 11.6 Å². The highest BCUT2D eigenvalue weighted by molar-refractivity contribution is 6.30. The van der Waals surface area contributed by atoms with Gasteiger partial charge in [-0.1, -0.05) is 23.7 Å². The van der Waals surface area contributed by atoms with Gasteiger partial charge >= 0.3 is 0 Å². The van der Waals surface area contributed by atoms with Crippen LogP contribution in [-0.4, -0.2) is 12.0 Å². The van der Waals surface area contributed by atoms with E-state index in [1.807, 2.05) is 38.4 Å². The maximum atomic E-state index is 6.12. The Morgan fingerprint density at radius 1 is 1.11 bits per heavy atom. The lowest BCUT2D eigenvalue weighted by molar-refractivity contribution is 0.687. The SMILES string of the molecule is CNC(c1ccc(C)nc1)c1cc(C)cc(Cl)c1. The van der Waals surface area contributed by atoms with Gasteiger partial charge in [-0.25, -0.2) is 0 Å². The summed E-state index contributed by atoms with van der Waals surface area (Å²) in [5.74, 6) is 0. The fourth-order valence-electron chi connectivity index (χ4n) is 2.11. The summed E-state index contributed by atoms with van der Waals surface area (Å²) in [7, 11) is 1.95. The highest BCUT2D eigenvalue weighted by atomic mass is 35.5. The summed E-state index contributed by atoms with van der Waals surface area (Å²) in [6.07, 6.45) is 1.91. The lowest BCUT2D eigenvalue weighted by Crippen LogP contribution is -2.18. The van der Waals surface area contributed by atoms with Crippen molar-refractivity contribution in [2.45, 2.75) is 19.9 Å². The van der Waals surface area contributed by atoms with Crippen molar-refractivity contribution in [1.29, 1.82) is 0 Å². The third-order valence-corrected chi connectivity index (χ3v) is 3.17. The smallest absolute Gasteiger partial charge is 0.0590 e. The minimum atomic E-state index is 0.121. The molecule has 18 heavy (non-hydrogen) atoms. The summed E-state index contributed by atoms with van der Waals surface area (Å²) in [5.41, 5.74) is 4.49. The third kappa shape index (κ3) is 2.89. The molecule has 0 radical (unpaired) electrons. The molecule has 0 aliphatic heterocycles. The summed E-state index contributed by atoms with van der Waals surface area (Å²) in [4.78, 5) is 4.35. The lowest BCUT2D eigenvalue weighted by Gasteiger charge is -2.18. The van der Waals surface area contributed by atoms with Gasteiger partial charge in [0.25, 0.3) is 0 Å². The van der Waals surface area contributed by atoms with Gasteiger partial charge < -0.3 is 5.32 Å². The Morgan fingerprint density at radius 3 is 2.44 bits per heavy atom. The van der Waals surface area contributed by atoms with Gasteiger partial charge in [-0.2, -0.15) is 0 Å². The molecule has 2 rings (SSSR count). The molecule has 3 heteroatoms.